The van der Waals surface area contributed by atoms with Gasteiger partial charge in [0.25, 0.3) is 5.56 Å². The number of nitrogens with two attached hydrogens (primary N) is 1. The summed E-state index contributed by atoms with van der Waals surface area (Å²) in [6, 6.07) is 9.19. The minimum Gasteiger partial charge on any atom is -0.465 e. The van der Waals surface area contributed by atoms with Gasteiger partial charge in [0.1, 0.15) is 9.30 Å². The summed E-state index contributed by atoms with van der Waals surface area (Å²) in [6.45, 7) is 0. The second-order valence-electron chi connectivity index (χ2n) is 7.91. The van der Waals surface area contributed by atoms with Crippen LogP contribution in [0, 0.1) is 0 Å². The summed E-state index contributed by atoms with van der Waals surface area (Å²) < 4.78 is 15.1. The van der Waals surface area contributed by atoms with E-state index in [2.05, 4.69) is 45.1 Å². The van der Waals surface area contributed by atoms with Crippen LogP contribution in [0.2, 0.25) is 0 Å². The van der Waals surface area contributed by atoms with E-state index in [-0.39, 0.29) is 34.7 Å². The quantitative estimate of drug-likeness (QED) is 0.0919. The number of ether oxygens (including phenoxy) is 3. The third-order valence-corrected chi connectivity index (χ3v) is 7.81. The van der Waals surface area contributed by atoms with Gasteiger partial charge in [0, 0.05) is 16.5 Å². The van der Waals surface area contributed by atoms with Crippen LogP contribution in [0.5, 0.6) is 0 Å². The Morgan fingerprint density at radius 1 is 0.907 bits per heavy atom. The van der Waals surface area contributed by atoms with Crippen LogP contribution >= 0.6 is 51.0 Å². The number of anilines is 1. The number of aromatic nitrogens is 3. The molecular formula is C25H23BBrClN4O9S2. The van der Waals surface area contributed by atoms with E-state index >= 15 is 0 Å². The number of pyridine rings is 1. The first-order valence-corrected chi connectivity index (χ1v) is 14.1. The fourth-order valence-electron chi connectivity index (χ4n) is 3.39. The Balaban J connectivity index is 0.000000233. The maximum atomic E-state index is 11.8. The molecule has 3 heterocycles. The molecule has 0 saturated carbocycles. The average molecular weight is 714 g/mol. The number of aromatic amines is 1. The smallest absolute Gasteiger partial charge is 0.465 e. The molecule has 0 spiro atoms. The minimum absolute atomic E-state index is 0. The van der Waals surface area contributed by atoms with Crippen LogP contribution in [-0.2, 0) is 14.2 Å². The first-order valence-electron chi connectivity index (χ1n) is 11.5. The molecule has 3 aromatic heterocycles. The van der Waals surface area contributed by atoms with Crippen molar-refractivity contribution in [2.24, 2.45) is 0 Å². The highest BCUT2D eigenvalue weighted by Crippen LogP contribution is 2.25. The lowest BCUT2D eigenvalue weighted by Crippen LogP contribution is -2.32. The van der Waals surface area contributed by atoms with E-state index in [0.29, 0.717) is 26.1 Å². The number of methoxy groups -OCH3 is 3. The van der Waals surface area contributed by atoms with E-state index < -0.39 is 25.0 Å². The maximum absolute atomic E-state index is 11.8. The van der Waals surface area contributed by atoms with Gasteiger partial charge in [0.2, 0.25) is 0 Å². The number of halogens is 2. The van der Waals surface area contributed by atoms with Crippen LogP contribution in [0.25, 0.3) is 21.1 Å². The van der Waals surface area contributed by atoms with Crippen LogP contribution < -0.4 is 16.8 Å². The number of hydrogen-bond donors (Lipinski definition) is 4. The van der Waals surface area contributed by atoms with Crippen LogP contribution in [0.15, 0.2) is 56.0 Å². The Morgan fingerprint density at radius 2 is 1.49 bits per heavy atom. The Bertz CT molecular complexity index is 1810. The fourth-order valence-corrected chi connectivity index (χ4v) is 5.23. The van der Waals surface area contributed by atoms with Gasteiger partial charge in [-0.2, -0.15) is 0 Å². The van der Waals surface area contributed by atoms with Crippen molar-refractivity contribution in [2.45, 2.75) is 0 Å². The molecule has 0 unspecified atom stereocenters. The second kappa shape index (κ2) is 16.1. The van der Waals surface area contributed by atoms with Crippen molar-refractivity contribution >= 4 is 108 Å². The summed E-state index contributed by atoms with van der Waals surface area (Å²) in [6.07, 6.45) is 0. The molecule has 5 aromatic rings. The van der Waals surface area contributed by atoms with Gasteiger partial charge in [0.05, 0.1) is 53.7 Å². The molecule has 0 aliphatic carbocycles. The molecule has 18 heteroatoms. The SMILES string of the molecule is COC(=O)c1ccc(B(O)O)c(N)c1.COC(=O)c1ccc2c(c1)[nH]c(=O)c1ncsc12.COC(=O)c1ncsc1Br.Cl. The second-order valence-corrected chi connectivity index (χ2v) is 10.9. The van der Waals surface area contributed by atoms with Gasteiger partial charge >= 0.3 is 25.0 Å². The summed E-state index contributed by atoms with van der Waals surface area (Å²) >= 11 is 5.92. The van der Waals surface area contributed by atoms with Gasteiger partial charge in [-0.05, 0) is 40.2 Å². The molecule has 5 N–H and O–H groups in total. The van der Waals surface area contributed by atoms with Crippen LogP contribution in [0.1, 0.15) is 31.2 Å². The van der Waals surface area contributed by atoms with Crippen molar-refractivity contribution in [3.8, 4) is 0 Å². The number of rotatable bonds is 4. The highest BCUT2D eigenvalue weighted by molar-refractivity contribution is 9.11. The summed E-state index contributed by atoms with van der Waals surface area (Å²) in [5.41, 5.74) is 10.8. The number of thiazole rings is 2. The standard InChI is InChI=1S/C12H8N2O3S.C8H10BNO4.C5H4BrNO2S.ClH/c1-17-12(16)6-2-3-7-8(4-6)14-11(15)9-10(7)18-5-13-9;1-14-8(11)5-2-3-6(9(12)13)7(10)4-5;1-9-5(8)3-4(6)10-2-7-3;/h2-5H,1H3,(H,14,15);2-4,12-13H,10H2,1H3;2H,1H3;1H. The zero-order valence-corrected chi connectivity index (χ0v) is 26.6. The monoisotopic (exact) mass is 712 g/mol. The van der Waals surface area contributed by atoms with Gasteiger partial charge < -0.3 is 35.0 Å². The Labute approximate surface area is 266 Å². The van der Waals surface area contributed by atoms with Crippen molar-refractivity contribution in [3.63, 3.8) is 0 Å². The lowest BCUT2D eigenvalue weighted by molar-refractivity contribution is 0.0587. The molecule has 0 bridgehead atoms. The van der Waals surface area contributed by atoms with Gasteiger partial charge in [-0.25, -0.2) is 24.4 Å². The third kappa shape index (κ3) is 8.59. The molecular weight excluding hydrogens is 691 g/mol. The molecule has 0 fully saturated rings. The van der Waals surface area contributed by atoms with Crippen molar-refractivity contribution < 1.29 is 38.6 Å². The number of nitrogen functional groups attached to an aromatic ring is 1. The largest absolute Gasteiger partial charge is 0.490 e. The minimum atomic E-state index is -1.64. The zero-order chi connectivity index (χ0) is 31.0. The van der Waals surface area contributed by atoms with Crippen LogP contribution in [-0.4, -0.2) is 71.4 Å². The molecule has 0 saturated heterocycles. The van der Waals surface area contributed by atoms with Crippen molar-refractivity contribution in [3.05, 3.63) is 78.4 Å². The summed E-state index contributed by atoms with van der Waals surface area (Å²) in [5, 5.41) is 18.6. The highest BCUT2D eigenvalue weighted by atomic mass is 79.9. The molecule has 0 aliphatic rings. The van der Waals surface area contributed by atoms with Crippen molar-refractivity contribution in [2.75, 3.05) is 27.1 Å². The number of fused-ring (bicyclic) bond motifs is 3. The lowest BCUT2D eigenvalue weighted by Gasteiger charge is -2.05. The first-order chi connectivity index (χ1) is 20.0. The highest BCUT2D eigenvalue weighted by Gasteiger charge is 2.16. The third-order valence-electron chi connectivity index (χ3n) is 5.40. The summed E-state index contributed by atoms with van der Waals surface area (Å²) in [4.78, 5) is 55.6. The molecule has 5 rings (SSSR count). The van der Waals surface area contributed by atoms with E-state index in [1.54, 1.807) is 29.2 Å². The molecule has 226 valence electrons. The van der Waals surface area contributed by atoms with Gasteiger partial charge in [-0.1, -0.05) is 12.1 Å². The Morgan fingerprint density at radius 3 is 2.02 bits per heavy atom. The van der Waals surface area contributed by atoms with Crippen LogP contribution in [0.3, 0.4) is 0 Å². The molecule has 0 atom stereocenters. The number of esters is 3. The van der Waals surface area contributed by atoms with Gasteiger partial charge in [-0.15, -0.1) is 35.1 Å². The summed E-state index contributed by atoms with van der Waals surface area (Å²) in [5.74, 6) is -1.36. The number of H-pyrrole nitrogens is 1. The molecule has 0 radical (unpaired) electrons. The van der Waals surface area contributed by atoms with E-state index in [1.165, 1.54) is 62.2 Å². The number of carbonyl (C=O) groups is 3. The number of carbonyl (C=O) groups excluding carboxylic acids is 3. The lowest BCUT2D eigenvalue weighted by atomic mass is 9.78. The number of nitrogens with zero attached hydrogens (tertiary/aromatic N) is 2. The normalized spacial score (nSPS) is 9.91. The Kier molecular flexibility index (Phi) is 13.2. The number of benzene rings is 2. The summed E-state index contributed by atoms with van der Waals surface area (Å²) in [7, 11) is 2.27. The first kappa shape index (κ1) is 35.3. The van der Waals surface area contributed by atoms with E-state index in [0.717, 1.165) is 10.1 Å². The zero-order valence-electron chi connectivity index (χ0n) is 22.5. The fraction of sp³-hybridized carbons (Fsp3) is 0.120. The van der Waals surface area contributed by atoms with Crippen LogP contribution in [0.4, 0.5) is 5.69 Å². The maximum Gasteiger partial charge on any atom is 0.490 e. The number of nitrogens with one attached hydrogen (secondary N) is 1. The molecule has 43 heavy (non-hydrogen) atoms. The molecule has 0 aliphatic heterocycles. The number of hydrogen-bond acceptors (Lipinski definition) is 14. The molecule has 0 amide bonds. The van der Waals surface area contributed by atoms with Crippen molar-refractivity contribution in [1.82, 2.24) is 15.0 Å². The topological polar surface area (TPSA) is 204 Å². The molecule has 2 aromatic carbocycles. The van der Waals surface area contributed by atoms with Gasteiger partial charge in [0.15, 0.2) is 5.69 Å². The Hall–Kier alpha value is -3.87. The predicted molar refractivity (Wildman–Crippen MR) is 170 cm³/mol. The molecule has 13 nitrogen and oxygen atoms in total. The van der Waals surface area contributed by atoms with Gasteiger partial charge in [-0.3, -0.25) is 4.79 Å². The average Bonchev–Trinajstić information content (AvgIpc) is 3.66. The van der Waals surface area contributed by atoms with Crippen molar-refractivity contribution in [1.29, 1.82) is 0 Å². The predicted octanol–water partition coefficient (Wildman–Crippen LogP) is 2.77. The van der Waals surface area contributed by atoms with E-state index in [1.807, 2.05) is 0 Å². The van der Waals surface area contributed by atoms with E-state index in [9.17, 15) is 19.2 Å². The van der Waals surface area contributed by atoms with E-state index in [4.69, 9.17) is 15.8 Å².